The molecule has 141 heavy (non-hydrogen) atoms. The van der Waals surface area contributed by atoms with Gasteiger partial charge in [0.1, 0.15) is 47.2 Å². The monoisotopic (exact) mass is 1900 g/mol. The molecular weight excluding hydrogens is 1790 g/mol. The number of ether oxygens (including phenoxy) is 3. The number of aryl methyl sites for hydroxylation is 2. The van der Waals surface area contributed by atoms with Crippen LogP contribution in [-0.2, 0) is 13.0 Å². The first-order valence-corrected chi connectivity index (χ1v) is 46.1. The molecule has 0 bridgehead atoms. The summed E-state index contributed by atoms with van der Waals surface area (Å²) in [5.41, 5.74) is 23.6. The molecule has 17 aromatic rings. The van der Waals surface area contributed by atoms with Gasteiger partial charge in [0.15, 0.2) is 11.6 Å². The van der Waals surface area contributed by atoms with Crippen molar-refractivity contribution in [3.05, 3.63) is 356 Å². The summed E-state index contributed by atoms with van der Waals surface area (Å²) in [4.78, 5) is 57.3. The number of aliphatic hydroxyl groups excluding tert-OH is 3. The fourth-order valence-corrected chi connectivity index (χ4v) is 16.1. The second-order valence-corrected chi connectivity index (χ2v) is 32.9. The molecule has 0 spiro atoms. The van der Waals surface area contributed by atoms with E-state index in [0.29, 0.717) is 64.3 Å². The Morgan fingerprint density at radius 2 is 1.01 bits per heavy atom. The van der Waals surface area contributed by atoms with E-state index in [1.807, 2.05) is 117 Å². The number of ketones is 1. The number of methoxy groups -OCH3 is 1. The van der Waals surface area contributed by atoms with Gasteiger partial charge in [-0.3, -0.25) is 14.8 Å². The highest BCUT2D eigenvalue weighted by molar-refractivity contribution is 6.12. The number of piperidine rings is 2. The van der Waals surface area contributed by atoms with E-state index in [0.717, 1.165) is 169 Å². The number of nitrogen functional groups attached to an aromatic ring is 1. The molecule has 2 fully saturated rings. The second-order valence-electron chi connectivity index (χ2n) is 32.9. The molecule has 0 unspecified atom stereocenters. The molecule has 7 N–H and O–H groups in total. The zero-order valence-corrected chi connectivity index (χ0v) is 77.4. The number of benzene rings is 8. The number of rotatable bonds is 28. The van der Waals surface area contributed by atoms with Crippen LogP contribution in [0.1, 0.15) is 131 Å². The van der Waals surface area contributed by atoms with Crippen molar-refractivity contribution >= 4 is 11.6 Å². The first kappa shape index (κ1) is 103. The summed E-state index contributed by atoms with van der Waals surface area (Å²) in [7, 11) is 1.55. The summed E-state index contributed by atoms with van der Waals surface area (Å²) in [6, 6.07) is 71.8. The molecule has 26 nitrogen and oxygen atoms in total. The lowest BCUT2D eigenvalue weighted by molar-refractivity contribution is 0.102. The smallest absolute Gasteiger partial charge is 0.322 e. The number of aromatic nitrogens is 16. The molecule has 19 rings (SSSR count). The van der Waals surface area contributed by atoms with E-state index in [2.05, 4.69) is 117 Å². The lowest BCUT2D eigenvalue weighted by atomic mass is 10.0. The molecular formula is C111H115F4N19O7. The number of nitrogens with one attached hydrogen (secondary N) is 2. The van der Waals surface area contributed by atoms with E-state index < -0.39 is 12.1 Å². The topological polar surface area (TPSA) is 322 Å². The maximum absolute atomic E-state index is 13.6. The third kappa shape index (κ3) is 26.6. The zero-order chi connectivity index (χ0) is 96.8. The van der Waals surface area contributed by atoms with Crippen LogP contribution in [0.4, 0.5) is 23.4 Å². The van der Waals surface area contributed by atoms with Crippen LogP contribution in [-0.4, -0.2) is 158 Å². The van der Waals surface area contributed by atoms with Crippen molar-refractivity contribution in [1.29, 1.82) is 0 Å². The summed E-state index contributed by atoms with van der Waals surface area (Å²) in [5.74, 6) is 7.13. The van der Waals surface area contributed by atoms with Gasteiger partial charge in [0, 0.05) is 101 Å². The average Bonchev–Trinajstić information content (AvgIpc) is 1.62. The standard InChI is InChI=1S/C28H26FN3.C23H22N4O3.C20H20FN3O3.C19H20FN5O.C19H19FN4.2CH4/c1-2-3-5-12-26-31-27(23-13-15-25(29)16-14-23)28(24-17-19-30-20-18-24)32(26)21-8-11-22-9-6-4-7-10-22;1-16-7-9-17(10-8-16)21-22(27(15-25-21)18(13-28)14-29)20-11-12-24-23(26-20)30-19-5-3-2-4-6-19;1-2-16(25)12-27-17-5-3-4-13(10-17)19(26)18-11-23-24(20(18)22)15-8-6-14(21)7-9-15;1-26-19-22-11-8-16(24-19)18-17(13-2-4-14(20)5-3-13)23-12-25(18)15-6-9-21-10-7-15;20-16-3-1-14(2-4-16)18-19(15-5-9-21-10-6-15)24(13-23-18)17-7-11-22-12-8-17;;/h4,6-7,9-10,13-20H,2-3,8,11,21H2,1H3;2-12,15,18,28-29H,13-14H2,1H3;3-11,16,25H,2,12,22H2,1H3;2-5,8,11-12,15,21H,6-7,9-10H2,1H3;1-6,9-10,13,17,22H,7-8,11-12H2;2*1H4/t;;16-;;;;/m..0..../s1. The molecule has 0 radical (unpaired) electrons. The average molecular weight is 1900 g/mol. The molecule has 2 aliphatic heterocycles. The molecule has 0 aliphatic carbocycles. The van der Waals surface area contributed by atoms with E-state index in [4.69, 9.17) is 24.9 Å². The van der Waals surface area contributed by atoms with Crippen LogP contribution in [0.2, 0.25) is 0 Å². The van der Waals surface area contributed by atoms with Gasteiger partial charge in [0.2, 0.25) is 0 Å². The number of anilines is 1. The number of aliphatic hydroxyl groups is 3. The Hall–Kier alpha value is -15.8. The minimum absolute atomic E-state index is 0. The molecule has 2 aliphatic rings. The van der Waals surface area contributed by atoms with E-state index in [1.165, 1.54) is 77.1 Å². The number of imidazole rings is 4. The fraction of sp³-hybridized carbons (Fsp3) is 0.243. The number of hydrogen-bond acceptors (Lipinski definition) is 21. The predicted octanol–water partition coefficient (Wildman–Crippen LogP) is 21.2. The van der Waals surface area contributed by atoms with Crippen LogP contribution in [0.5, 0.6) is 23.5 Å². The molecule has 1 atom stereocenters. The number of para-hydroxylation sites is 1. The van der Waals surface area contributed by atoms with Crippen LogP contribution in [0.25, 0.3) is 96.0 Å². The van der Waals surface area contributed by atoms with Crippen molar-refractivity contribution in [1.82, 2.24) is 88.5 Å². The van der Waals surface area contributed by atoms with Gasteiger partial charge in [-0.1, -0.05) is 125 Å². The van der Waals surface area contributed by atoms with Crippen molar-refractivity contribution in [3.8, 4) is 131 Å². The number of carbonyl (C=O) groups is 1. The fourth-order valence-electron chi connectivity index (χ4n) is 16.1. The van der Waals surface area contributed by atoms with Crippen molar-refractivity contribution in [2.45, 2.75) is 124 Å². The lowest BCUT2D eigenvalue weighted by Crippen LogP contribution is -2.29. The highest BCUT2D eigenvalue weighted by Crippen LogP contribution is 2.40. The van der Waals surface area contributed by atoms with Crippen LogP contribution < -0.4 is 30.6 Å². The van der Waals surface area contributed by atoms with Crippen LogP contribution in [0.3, 0.4) is 0 Å². The molecule has 9 aromatic heterocycles. The largest absolute Gasteiger partial charge is 0.491 e. The minimum atomic E-state index is -0.561. The third-order valence-corrected chi connectivity index (χ3v) is 23.4. The number of unbranched alkanes of at least 4 members (excludes halogenated alkanes) is 1. The van der Waals surface area contributed by atoms with Crippen molar-refractivity contribution in [3.63, 3.8) is 0 Å². The van der Waals surface area contributed by atoms with Gasteiger partial charge in [-0.2, -0.15) is 15.1 Å². The zero-order valence-electron chi connectivity index (χ0n) is 77.4. The number of hydrogen-bond donors (Lipinski definition) is 6. The van der Waals surface area contributed by atoms with E-state index in [-0.39, 0.29) is 81.1 Å². The van der Waals surface area contributed by atoms with Gasteiger partial charge in [-0.05, 0) is 254 Å². The molecule has 0 saturated carbocycles. The quantitative estimate of drug-likeness (QED) is 0.0151. The van der Waals surface area contributed by atoms with Gasteiger partial charge < -0.3 is 64.2 Å². The van der Waals surface area contributed by atoms with Crippen molar-refractivity contribution in [2.75, 3.05) is 58.8 Å². The Bertz CT molecular complexity index is 6850. The number of nitrogens with two attached hydrogens (primary N) is 1. The summed E-state index contributed by atoms with van der Waals surface area (Å²) < 4.78 is 79.6. The van der Waals surface area contributed by atoms with Gasteiger partial charge in [-0.15, -0.1) is 0 Å². The number of pyridine rings is 2. The molecule has 2 saturated heterocycles. The number of carbonyl (C=O) groups excluding carboxylic acids is 1. The first-order valence-electron chi connectivity index (χ1n) is 46.1. The van der Waals surface area contributed by atoms with Crippen LogP contribution >= 0.6 is 0 Å². The van der Waals surface area contributed by atoms with E-state index >= 15 is 0 Å². The van der Waals surface area contributed by atoms with Crippen molar-refractivity contribution in [2.24, 2.45) is 0 Å². The normalized spacial score (nSPS) is 12.5. The maximum Gasteiger partial charge on any atom is 0.322 e. The van der Waals surface area contributed by atoms with Gasteiger partial charge in [0.25, 0.3) is 0 Å². The van der Waals surface area contributed by atoms with E-state index in [9.17, 15) is 37.7 Å². The summed E-state index contributed by atoms with van der Waals surface area (Å²) in [5, 5.41) is 40.0. The van der Waals surface area contributed by atoms with E-state index in [1.54, 1.807) is 122 Å². The summed E-state index contributed by atoms with van der Waals surface area (Å²) in [6.45, 7) is 10.5. The Kier molecular flexibility index (Phi) is 37.2. The highest BCUT2D eigenvalue weighted by atomic mass is 19.1. The summed E-state index contributed by atoms with van der Waals surface area (Å²) >= 11 is 0. The molecule has 8 aromatic carbocycles. The van der Waals surface area contributed by atoms with Gasteiger partial charge in [0.05, 0.1) is 126 Å². The number of halogens is 4. The maximum atomic E-state index is 13.6. The number of nitrogens with zero attached hydrogens (tertiary/aromatic N) is 16. The van der Waals surface area contributed by atoms with Crippen LogP contribution in [0.15, 0.2) is 305 Å². The molecule has 30 heteroatoms. The lowest BCUT2D eigenvalue weighted by Gasteiger charge is -2.26. The van der Waals surface area contributed by atoms with Gasteiger partial charge in [-0.25, -0.2) is 52.1 Å². The second kappa shape index (κ2) is 51.0. The van der Waals surface area contributed by atoms with Gasteiger partial charge >= 0.3 is 12.0 Å². The Morgan fingerprint density at radius 3 is 1.57 bits per heavy atom. The predicted molar refractivity (Wildman–Crippen MR) is 542 cm³/mol. The van der Waals surface area contributed by atoms with Crippen LogP contribution in [0, 0.1) is 42.0 Å². The first-order chi connectivity index (χ1) is 68.0. The van der Waals surface area contributed by atoms with Crippen molar-refractivity contribution < 1.29 is 51.9 Å². The summed E-state index contributed by atoms with van der Waals surface area (Å²) in [6.07, 6.45) is 25.2. The Labute approximate surface area is 818 Å². The Morgan fingerprint density at radius 1 is 0.525 bits per heavy atom. The SMILES string of the molecule is C.C.CCCC#Cc1nc(-c2ccc(F)cc2)c(-c2ccncc2)n1CCCc1ccccc1.CC[C@H](O)COc1cccc(C(=O)c2cnn(-c3ccc(F)cc3)c2N)c1.COc1nccc(-c2c(-c3ccc(F)cc3)ncn2C2CCNCC2)n1.Cc1ccc(-c2ncn(C(CO)CO)c2-c2ccnc(Oc3ccccc3)n2)cc1.Fc1ccc(-c2ncn(C3CCNCC3)c2-c2ccncc2)cc1. The molecule has 11 heterocycles. The molecule has 724 valence electrons. The Balaban J connectivity index is 0.000000148. The third-order valence-electron chi connectivity index (χ3n) is 23.4. The molecule has 0 amide bonds. The minimum Gasteiger partial charge on any atom is -0.491 e. The highest BCUT2D eigenvalue weighted by Gasteiger charge is 2.29.